The molecule has 3 rings (SSSR count). The Morgan fingerprint density at radius 1 is 0.794 bits per heavy atom. The van der Waals surface area contributed by atoms with Gasteiger partial charge in [-0.05, 0) is 41.7 Å². The molecule has 0 unspecified atom stereocenters. The summed E-state index contributed by atoms with van der Waals surface area (Å²) in [7, 11) is -6.50. The zero-order valence-corrected chi connectivity index (χ0v) is 21.0. The van der Waals surface area contributed by atoms with E-state index < -0.39 is 20.8 Å². The lowest BCUT2D eigenvalue weighted by molar-refractivity contribution is -1.73. The normalized spacial score (nSPS) is 11.3. The van der Waals surface area contributed by atoms with Crippen LogP contribution in [0.3, 0.4) is 0 Å². The van der Waals surface area contributed by atoms with Gasteiger partial charge in [-0.1, -0.05) is 56.3 Å². The minimum Gasteiger partial charge on any atom is -0.357 e. The molecule has 0 aliphatic heterocycles. The van der Waals surface area contributed by atoms with E-state index in [1.807, 2.05) is 18.2 Å². The lowest BCUT2D eigenvalue weighted by atomic mass is 10.0. The molecule has 2 aromatic carbocycles. The Morgan fingerprint density at radius 2 is 1.29 bits per heavy atom. The van der Waals surface area contributed by atoms with Crippen molar-refractivity contribution in [3.05, 3.63) is 83.7 Å². The first-order valence-corrected chi connectivity index (χ1v) is 13.6. The molecule has 9 heteroatoms. The van der Waals surface area contributed by atoms with Crippen molar-refractivity contribution in [2.45, 2.75) is 57.4 Å². The van der Waals surface area contributed by atoms with Gasteiger partial charge < -0.3 is 14.0 Å². The first kappa shape index (κ1) is 27.9. The van der Waals surface area contributed by atoms with Crippen molar-refractivity contribution in [3.63, 3.8) is 0 Å². The minimum atomic E-state index is -3.65. The van der Waals surface area contributed by atoms with Gasteiger partial charge >= 0.3 is 0 Å². The Hall–Kier alpha value is -2.33. The third kappa shape index (κ3) is 8.79. The topological polar surface area (TPSA) is 133 Å². The van der Waals surface area contributed by atoms with E-state index >= 15 is 0 Å². The second-order valence-electron chi connectivity index (χ2n) is 7.87. The number of halogens is 1. The molecule has 0 saturated heterocycles. The Balaban J connectivity index is 0.000000945. The van der Waals surface area contributed by atoms with Gasteiger partial charge in [0.15, 0.2) is 17.9 Å². The second-order valence-corrected chi connectivity index (χ2v) is 9.81. The molecule has 7 nitrogen and oxygen atoms in total. The summed E-state index contributed by atoms with van der Waals surface area (Å²) in [5, 5.41) is 5.21. The van der Waals surface area contributed by atoms with Crippen molar-refractivity contribution >= 4 is 10.0 Å². The molecular weight excluding hydrogens is 476 g/mol. The van der Waals surface area contributed by atoms with Gasteiger partial charge in [0.1, 0.15) is 0 Å². The molecule has 0 fully saturated rings. The first-order chi connectivity index (χ1) is 16.2. The molecule has 0 atom stereocenters. The number of aryl methyl sites for hydroxylation is 3. The van der Waals surface area contributed by atoms with E-state index in [1.54, 1.807) is 12.1 Å². The van der Waals surface area contributed by atoms with Gasteiger partial charge in [-0.25, -0.2) is 13.6 Å². The van der Waals surface area contributed by atoms with Crippen LogP contribution in [0.1, 0.15) is 43.6 Å². The van der Waals surface area contributed by atoms with Crippen molar-refractivity contribution in [1.82, 2.24) is 0 Å². The summed E-state index contributed by atoms with van der Waals surface area (Å²) in [6, 6.07) is 22.1. The highest BCUT2D eigenvalue weighted by atomic mass is 35.6. The fraction of sp³-hybridized carbons (Fsp3) is 0.320. The number of nitrogens with two attached hydrogens (primary N) is 1. The number of nitrogens with zero attached hydrogens (tertiary/aromatic N) is 1. The Kier molecular flexibility index (Phi) is 11.1. The number of hydrogen-bond donors (Lipinski definition) is 1. The molecule has 184 valence electrons. The summed E-state index contributed by atoms with van der Waals surface area (Å²) in [4.78, 5) is 0.157. The van der Waals surface area contributed by atoms with E-state index in [9.17, 15) is 8.42 Å². The van der Waals surface area contributed by atoms with E-state index in [4.69, 9.17) is 19.1 Å². The maximum atomic E-state index is 11.5. The Bertz CT molecular complexity index is 1110. The van der Waals surface area contributed by atoms with Crippen LogP contribution in [0.2, 0.25) is 0 Å². The van der Waals surface area contributed by atoms with Gasteiger partial charge in [0.25, 0.3) is 0 Å². The number of primary sulfonamides is 1. The molecule has 0 spiro atoms. The first-order valence-electron chi connectivity index (χ1n) is 11.1. The van der Waals surface area contributed by atoms with E-state index in [0.717, 1.165) is 44.2 Å². The fourth-order valence-electron chi connectivity index (χ4n) is 3.84. The fourth-order valence-corrected chi connectivity index (χ4v) is 4.35. The summed E-state index contributed by atoms with van der Waals surface area (Å²) in [5.74, 6) is 0. The molecule has 3 aromatic rings. The van der Waals surface area contributed by atoms with Crippen LogP contribution in [0.4, 0.5) is 0 Å². The predicted molar refractivity (Wildman–Crippen MR) is 122 cm³/mol. The average molecular weight is 507 g/mol. The summed E-state index contributed by atoms with van der Waals surface area (Å²) in [5.41, 5.74) is 6.33. The lowest BCUT2D eigenvalue weighted by Gasteiger charge is -2.12. The van der Waals surface area contributed by atoms with Crippen LogP contribution in [-0.4, -0.2) is 8.42 Å². The molecule has 1 heterocycles. The van der Waals surface area contributed by atoms with Crippen molar-refractivity contribution < 1.29 is 37.7 Å². The van der Waals surface area contributed by atoms with E-state index in [-0.39, 0.29) is 4.90 Å². The average Bonchev–Trinajstić information content (AvgIpc) is 2.79. The summed E-state index contributed by atoms with van der Waals surface area (Å²) < 4.78 is 50.6. The zero-order valence-electron chi connectivity index (χ0n) is 19.4. The van der Waals surface area contributed by atoms with E-state index in [2.05, 4.69) is 54.8 Å². The molecule has 0 aliphatic carbocycles. The third-order valence-electron chi connectivity index (χ3n) is 5.33. The molecule has 0 radical (unpaired) electrons. The quantitative estimate of drug-likeness (QED) is 0.430. The number of rotatable bonds is 9. The molecule has 34 heavy (non-hydrogen) atoms. The number of benzene rings is 2. The third-order valence-corrected chi connectivity index (χ3v) is 6.26. The van der Waals surface area contributed by atoms with Crippen LogP contribution in [0.5, 0.6) is 0 Å². The highest BCUT2D eigenvalue weighted by Crippen LogP contribution is 2.21. The van der Waals surface area contributed by atoms with E-state index in [0.29, 0.717) is 0 Å². The number of sulfonamides is 1. The maximum Gasteiger partial charge on any atom is 0.238 e. The Labute approximate surface area is 205 Å². The second kappa shape index (κ2) is 13.5. The standard InChI is InChI=1S/C25H31N2O2S.ClO3/c1-3-8-23-18-22(21-10-6-5-7-11-21)19-24(9-4-2)27(23)17-16-20-12-14-25(15-13-20)30(26,28)29;2-1(3)4/h5-7,10-15,18-19H,3-4,8-9,16-17H2,1-2H3,(H2,26,28,29);/q+1;-1. The molecule has 0 saturated carbocycles. The van der Waals surface area contributed by atoms with Crippen LogP contribution in [0.25, 0.3) is 11.1 Å². The maximum absolute atomic E-state index is 11.5. The van der Waals surface area contributed by atoms with Gasteiger partial charge in [0.05, 0.1) is 15.7 Å². The SMILES string of the molecule is CCCc1cc(-c2ccccc2)cc(CCC)[n+]1CCc1ccc(S(N)(=O)=O)cc1.[O-][Cl+2]([O-])[O-]. The Morgan fingerprint density at radius 3 is 1.74 bits per heavy atom. The van der Waals surface area contributed by atoms with Crippen molar-refractivity contribution in [2.75, 3.05) is 0 Å². The molecule has 0 aliphatic rings. The minimum absolute atomic E-state index is 0.157. The zero-order chi connectivity index (χ0) is 25.1. The molecule has 0 bridgehead atoms. The number of pyridine rings is 1. The van der Waals surface area contributed by atoms with Gasteiger partial charge in [0, 0.05) is 31.4 Å². The van der Waals surface area contributed by atoms with Crippen LogP contribution in [0, 0.1) is 10.8 Å². The number of hydrogen-bond acceptors (Lipinski definition) is 5. The number of aromatic nitrogens is 1. The predicted octanol–water partition coefficient (Wildman–Crippen LogP) is 0.869. The van der Waals surface area contributed by atoms with Gasteiger partial charge in [-0.15, -0.1) is 0 Å². The highest BCUT2D eigenvalue weighted by molar-refractivity contribution is 7.89. The van der Waals surface area contributed by atoms with Crippen LogP contribution < -0.4 is 23.7 Å². The van der Waals surface area contributed by atoms with Gasteiger partial charge in [-0.2, -0.15) is 4.57 Å². The van der Waals surface area contributed by atoms with Crippen molar-refractivity contribution in [1.29, 1.82) is 0 Å². The van der Waals surface area contributed by atoms with Crippen molar-refractivity contribution in [2.24, 2.45) is 5.14 Å². The molecular formula is C25H31ClN2O5S. The van der Waals surface area contributed by atoms with E-state index in [1.165, 1.54) is 22.5 Å². The van der Waals surface area contributed by atoms with Crippen LogP contribution in [0.15, 0.2) is 71.6 Å². The van der Waals surface area contributed by atoms with Crippen LogP contribution in [-0.2, 0) is 35.8 Å². The van der Waals surface area contributed by atoms with Gasteiger partial charge in [0.2, 0.25) is 10.0 Å². The molecule has 2 N–H and O–H groups in total. The molecule has 1 aromatic heterocycles. The largest absolute Gasteiger partial charge is 0.357 e. The lowest BCUT2D eigenvalue weighted by Crippen LogP contribution is -2.43. The summed E-state index contributed by atoms with van der Waals surface area (Å²) in [6.45, 7) is 5.30. The van der Waals surface area contributed by atoms with Crippen molar-refractivity contribution in [3.8, 4) is 11.1 Å². The summed E-state index contributed by atoms with van der Waals surface area (Å²) in [6.07, 6.45) is 5.08. The van der Waals surface area contributed by atoms with Gasteiger partial charge in [-0.3, -0.25) is 0 Å². The monoisotopic (exact) mass is 506 g/mol. The smallest absolute Gasteiger partial charge is 0.238 e. The molecule has 0 amide bonds. The summed E-state index contributed by atoms with van der Waals surface area (Å²) >= 11 is 0. The highest BCUT2D eigenvalue weighted by Gasteiger charge is 2.19. The van der Waals surface area contributed by atoms with Crippen LogP contribution >= 0.6 is 0 Å².